The summed E-state index contributed by atoms with van der Waals surface area (Å²) in [5.41, 5.74) is 5.76. The van der Waals surface area contributed by atoms with E-state index >= 15 is 0 Å². The van der Waals surface area contributed by atoms with Crippen LogP contribution in [0.25, 0.3) is 0 Å². The van der Waals surface area contributed by atoms with Crippen molar-refractivity contribution < 1.29 is 9.13 Å². The van der Waals surface area contributed by atoms with Gasteiger partial charge in [-0.25, -0.2) is 4.39 Å². The molecule has 0 aliphatic carbocycles. The number of aryl methyl sites for hydroxylation is 1. The molecule has 1 rings (SSSR count). The first-order chi connectivity index (χ1) is 7.62. The average molecular weight is 225 g/mol. The summed E-state index contributed by atoms with van der Waals surface area (Å²) in [5.74, 6) is 0. The first kappa shape index (κ1) is 13.1. The van der Waals surface area contributed by atoms with Crippen LogP contribution in [0.4, 0.5) is 4.39 Å². The van der Waals surface area contributed by atoms with Crippen LogP contribution in [0.3, 0.4) is 0 Å². The predicted octanol–water partition coefficient (Wildman–Crippen LogP) is 2.55. The van der Waals surface area contributed by atoms with Gasteiger partial charge in [-0.05, 0) is 31.9 Å². The summed E-state index contributed by atoms with van der Waals surface area (Å²) in [6.07, 6.45) is 1.06. The van der Waals surface area contributed by atoms with Crippen molar-refractivity contribution in [3.05, 3.63) is 35.4 Å². The number of rotatable bonds is 6. The lowest BCUT2D eigenvalue weighted by atomic mass is 9.90. The predicted molar refractivity (Wildman–Crippen MR) is 64.1 cm³/mol. The highest BCUT2D eigenvalue weighted by atomic mass is 19.1. The van der Waals surface area contributed by atoms with Gasteiger partial charge in [0.05, 0.1) is 6.61 Å². The van der Waals surface area contributed by atoms with Gasteiger partial charge in [0.2, 0.25) is 0 Å². The topological polar surface area (TPSA) is 35.2 Å². The van der Waals surface area contributed by atoms with Gasteiger partial charge in [0.25, 0.3) is 0 Å². The van der Waals surface area contributed by atoms with Gasteiger partial charge in [-0.2, -0.15) is 0 Å². The first-order valence-corrected chi connectivity index (χ1v) is 5.57. The molecular weight excluding hydrogens is 205 g/mol. The van der Waals surface area contributed by atoms with Crippen LogP contribution in [-0.2, 0) is 10.4 Å². The molecule has 1 aromatic rings. The number of alkyl halides is 1. The van der Waals surface area contributed by atoms with Crippen molar-refractivity contribution in [3.8, 4) is 0 Å². The zero-order valence-electron chi connectivity index (χ0n) is 10.0. The Morgan fingerprint density at radius 1 is 1.44 bits per heavy atom. The molecule has 16 heavy (non-hydrogen) atoms. The maximum Gasteiger partial charge on any atom is 0.159 e. The van der Waals surface area contributed by atoms with E-state index in [9.17, 15) is 4.39 Å². The van der Waals surface area contributed by atoms with Crippen LogP contribution in [0.2, 0.25) is 0 Å². The van der Waals surface area contributed by atoms with E-state index in [0.717, 1.165) is 5.56 Å². The summed E-state index contributed by atoms with van der Waals surface area (Å²) in [7, 11) is 1.52. The molecule has 0 saturated carbocycles. The highest BCUT2D eigenvalue weighted by Gasteiger charge is 2.31. The number of halogens is 1. The monoisotopic (exact) mass is 225 g/mol. The van der Waals surface area contributed by atoms with Crippen molar-refractivity contribution in [3.63, 3.8) is 0 Å². The van der Waals surface area contributed by atoms with Crippen molar-refractivity contribution in [1.82, 2.24) is 0 Å². The van der Waals surface area contributed by atoms with Gasteiger partial charge in [0, 0.05) is 7.11 Å². The smallest absolute Gasteiger partial charge is 0.159 e. The van der Waals surface area contributed by atoms with E-state index in [2.05, 4.69) is 0 Å². The van der Waals surface area contributed by atoms with Crippen LogP contribution in [0.15, 0.2) is 24.3 Å². The van der Waals surface area contributed by atoms with Crippen LogP contribution < -0.4 is 5.73 Å². The minimum absolute atomic E-state index is 0.0798. The molecule has 2 nitrogen and oxygen atoms in total. The van der Waals surface area contributed by atoms with Crippen LogP contribution in [-0.4, -0.2) is 20.3 Å². The molecule has 0 aliphatic rings. The molecule has 0 heterocycles. The molecule has 0 saturated heterocycles. The fourth-order valence-corrected chi connectivity index (χ4v) is 1.83. The van der Waals surface area contributed by atoms with Gasteiger partial charge in [-0.15, -0.1) is 0 Å². The SMILES string of the molecule is COCC(F)(CCCN)c1cccc(C)c1. The highest BCUT2D eigenvalue weighted by Crippen LogP contribution is 2.31. The van der Waals surface area contributed by atoms with Crippen molar-refractivity contribution in [2.75, 3.05) is 20.3 Å². The Morgan fingerprint density at radius 3 is 2.75 bits per heavy atom. The largest absolute Gasteiger partial charge is 0.381 e. The van der Waals surface area contributed by atoms with E-state index in [1.165, 1.54) is 7.11 Å². The number of benzene rings is 1. The van der Waals surface area contributed by atoms with E-state index in [0.29, 0.717) is 24.9 Å². The van der Waals surface area contributed by atoms with Crippen molar-refractivity contribution in [1.29, 1.82) is 0 Å². The summed E-state index contributed by atoms with van der Waals surface area (Å²) >= 11 is 0. The molecule has 0 aromatic heterocycles. The molecule has 0 amide bonds. The van der Waals surface area contributed by atoms with Gasteiger partial charge in [0.1, 0.15) is 0 Å². The Labute approximate surface area is 96.6 Å². The minimum atomic E-state index is -1.42. The van der Waals surface area contributed by atoms with Crippen molar-refractivity contribution >= 4 is 0 Å². The van der Waals surface area contributed by atoms with Gasteiger partial charge in [0.15, 0.2) is 5.67 Å². The number of methoxy groups -OCH3 is 1. The Kier molecular flexibility index (Phi) is 4.90. The Hall–Kier alpha value is -0.930. The molecule has 0 radical (unpaired) electrons. The molecule has 0 aliphatic heterocycles. The van der Waals surface area contributed by atoms with Gasteiger partial charge in [-0.3, -0.25) is 0 Å². The van der Waals surface area contributed by atoms with Crippen LogP contribution in [0, 0.1) is 6.92 Å². The summed E-state index contributed by atoms with van der Waals surface area (Å²) in [6.45, 7) is 2.54. The van der Waals surface area contributed by atoms with Crippen molar-refractivity contribution in [2.24, 2.45) is 5.73 Å². The van der Waals surface area contributed by atoms with E-state index in [-0.39, 0.29) is 6.61 Å². The first-order valence-electron chi connectivity index (χ1n) is 5.57. The second-order valence-electron chi connectivity index (χ2n) is 4.16. The zero-order valence-corrected chi connectivity index (χ0v) is 10.0. The quantitative estimate of drug-likeness (QED) is 0.807. The molecule has 1 atom stereocenters. The fourth-order valence-electron chi connectivity index (χ4n) is 1.83. The van der Waals surface area contributed by atoms with Crippen molar-refractivity contribution in [2.45, 2.75) is 25.4 Å². The molecular formula is C13H20FNO. The number of hydrogen-bond acceptors (Lipinski definition) is 2. The van der Waals surface area contributed by atoms with E-state index < -0.39 is 5.67 Å². The third kappa shape index (κ3) is 3.29. The molecule has 1 aromatic carbocycles. The third-order valence-corrected chi connectivity index (χ3v) is 2.69. The lowest BCUT2D eigenvalue weighted by Crippen LogP contribution is -2.27. The van der Waals surface area contributed by atoms with Gasteiger partial charge < -0.3 is 10.5 Å². The molecule has 0 spiro atoms. The van der Waals surface area contributed by atoms with Gasteiger partial charge in [-0.1, -0.05) is 29.8 Å². The molecule has 0 bridgehead atoms. The summed E-state index contributed by atoms with van der Waals surface area (Å²) < 4.78 is 19.7. The lowest BCUT2D eigenvalue weighted by Gasteiger charge is -2.25. The van der Waals surface area contributed by atoms with Crippen LogP contribution in [0.1, 0.15) is 24.0 Å². The number of ether oxygens (including phenoxy) is 1. The minimum Gasteiger partial charge on any atom is -0.381 e. The second kappa shape index (κ2) is 5.97. The molecule has 3 heteroatoms. The van der Waals surface area contributed by atoms with E-state index in [4.69, 9.17) is 10.5 Å². The Balaban J connectivity index is 2.91. The molecule has 90 valence electrons. The zero-order chi connectivity index (χ0) is 12.0. The Morgan fingerprint density at radius 2 is 2.19 bits per heavy atom. The maximum atomic E-state index is 14.7. The average Bonchev–Trinajstić information content (AvgIpc) is 2.27. The van der Waals surface area contributed by atoms with Crippen LogP contribution in [0.5, 0.6) is 0 Å². The van der Waals surface area contributed by atoms with Crippen LogP contribution >= 0.6 is 0 Å². The third-order valence-electron chi connectivity index (χ3n) is 2.69. The molecule has 0 fully saturated rings. The summed E-state index contributed by atoms with van der Waals surface area (Å²) in [4.78, 5) is 0. The second-order valence-corrected chi connectivity index (χ2v) is 4.16. The summed E-state index contributed by atoms with van der Waals surface area (Å²) in [6, 6.07) is 7.51. The molecule has 1 unspecified atom stereocenters. The highest BCUT2D eigenvalue weighted by molar-refractivity contribution is 5.27. The normalized spacial score (nSPS) is 14.8. The standard InChI is InChI=1S/C13H20FNO/c1-11-5-3-6-12(9-11)13(14,10-16-2)7-4-8-15/h3,5-6,9H,4,7-8,10,15H2,1-2H3. The number of nitrogens with two attached hydrogens (primary N) is 1. The maximum absolute atomic E-state index is 14.7. The summed E-state index contributed by atoms with van der Waals surface area (Å²) in [5, 5.41) is 0. The van der Waals surface area contributed by atoms with E-state index in [1.54, 1.807) is 0 Å². The number of hydrogen-bond donors (Lipinski definition) is 1. The lowest BCUT2D eigenvalue weighted by molar-refractivity contribution is 0.0303. The van der Waals surface area contributed by atoms with E-state index in [1.807, 2.05) is 31.2 Å². The fraction of sp³-hybridized carbons (Fsp3) is 0.538. The molecule has 2 N–H and O–H groups in total. The Bertz CT molecular complexity index is 329. The van der Waals surface area contributed by atoms with Gasteiger partial charge >= 0.3 is 0 Å².